The molecule has 33 heavy (non-hydrogen) atoms. The molecule has 0 N–H and O–H groups in total. The van der Waals surface area contributed by atoms with E-state index >= 15 is 0 Å². The molecule has 0 unspecified atom stereocenters. The summed E-state index contributed by atoms with van der Waals surface area (Å²) in [5.41, 5.74) is 1.64. The van der Waals surface area contributed by atoms with E-state index in [1.165, 1.54) is 41.4 Å². The van der Waals surface area contributed by atoms with Gasteiger partial charge in [-0.05, 0) is 30.3 Å². The van der Waals surface area contributed by atoms with Crippen molar-refractivity contribution in [1.29, 1.82) is 0 Å². The number of rotatable bonds is 5. The van der Waals surface area contributed by atoms with Crippen LogP contribution in [0.2, 0.25) is 5.02 Å². The highest BCUT2D eigenvalue weighted by Gasteiger charge is 2.22. The monoisotopic (exact) mass is 484 g/mol. The first-order valence-corrected chi connectivity index (χ1v) is 11.7. The first-order chi connectivity index (χ1) is 15.9. The molecule has 0 bridgehead atoms. The summed E-state index contributed by atoms with van der Waals surface area (Å²) in [6.07, 6.45) is 3.09. The van der Waals surface area contributed by atoms with Crippen LogP contribution in [0.25, 0.3) is 6.08 Å². The number of carbonyl (C=O) groups excluding carboxylic acids is 2. The lowest BCUT2D eigenvalue weighted by molar-refractivity contribution is -0.126. The molecule has 2 aromatic carbocycles. The Morgan fingerprint density at radius 3 is 2.48 bits per heavy atom. The maximum atomic E-state index is 14.2. The van der Waals surface area contributed by atoms with Crippen molar-refractivity contribution in [2.45, 2.75) is 6.92 Å². The molecule has 3 aromatic rings. The third kappa shape index (κ3) is 5.23. The SMILES string of the molecule is CC(=O)N(c1nc(/C=C/C(=O)N2CCN(c3ccccc3Cl)CC2)cs1)c1ccccc1F. The van der Waals surface area contributed by atoms with Crippen molar-refractivity contribution in [2.75, 3.05) is 36.0 Å². The van der Waals surface area contributed by atoms with Crippen LogP contribution in [0.1, 0.15) is 12.6 Å². The molecule has 0 atom stereocenters. The van der Waals surface area contributed by atoms with E-state index in [2.05, 4.69) is 9.88 Å². The molecule has 0 saturated carbocycles. The predicted molar refractivity (Wildman–Crippen MR) is 131 cm³/mol. The number of amides is 2. The predicted octanol–water partition coefficient (Wildman–Crippen LogP) is 4.98. The van der Waals surface area contributed by atoms with E-state index in [1.807, 2.05) is 24.3 Å². The molecular formula is C24H22ClFN4O2S. The number of hydrogen-bond donors (Lipinski definition) is 0. The number of nitrogens with zero attached hydrogens (tertiary/aromatic N) is 4. The van der Waals surface area contributed by atoms with E-state index in [-0.39, 0.29) is 17.5 Å². The molecule has 2 amide bonds. The van der Waals surface area contributed by atoms with E-state index in [4.69, 9.17) is 11.6 Å². The smallest absolute Gasteiger partial charge is 0.246 e. The molecule has 1 aromatic heterocycles. The fourth-order valence-corrected chi connectivity index (χ4v) is 4.74. The highest BCUT2D eigenvalue weighted by atomic mass is 35.5. The topological polar surface area (TPSA) is 56.8 Å². The molecule has 0 aliphatic carbocycles. The Kier molecular flexibility index (Phi) is 7.05. The Morgan fingerprint density at radius 2 is 1.79 bits per heavy atom. The van der Waals surface area contributed by atoms with Crippen LogP contribution < -0.4 is 9.80 Å². The maximum absolute atomic E-state index is 14.2. The van der Waals surface area contributed by atoms with Gasteiger partial charge in [0.2, 0.25) is 11.8 Å². The number of halogens is 2. The average Bonchev–Trinajstić information content (AvgIpc) is 3.27. The van der Waals surface area contributed by atoms with Crippen molar-refractivity contribution < 1.29 is 14.0 Å². The zero-order valence-electron chi connectivity index (χ0n) is 17.9. The molecule has 1 aliphatic heterocycles. The standard InChI is InChI=1S/C24H22ClFN4O2S/c1-17(31)30(22-9-5-3-7-20(22)26)24-27-18(16-33-24)10-11-23(32)29-14-12-28(13-15-29)21-8-4-2-6-19(21)25/h2-11,16H,12-15H2,1H3/b11-10+. The van der Waals surface area contributed by atoms with Crippen molar-refractivity contribution in [3.63, 3.8) is 0 Å². The largest absolute Gasteiger partial charge is 0.367 e. The molecule has 9 heteroatoms. The van der Waals surface area contributed by atoms with Crippen molar-refractivity contribution in [2.24, 2.45) is 0 Å². The van der Waals surface area contributed by atoms with Crippen LogP contribution in [0.4, 0.5) is 20.9 Å². The van der Waals surface area contributed by atoms with Crippen LogP contribution in [0.15, 0.2) is 60.0 Å². The number of anilines is 3. The zero-order chi connectivity index (χ0) is 23.4. The number of benzene rings is 2. The molecule has 4 rings (SSSR count). The van der Waals surface area contributed by atoms with E-state index < -0.39 is 5.82 Å². The van der Waals surface area contributed by atoms with E-state index in [0.717, 1.165) is 5.69 Å². The van der Waals surface area contributed by atoms with Gasteiger partial charge >= 0.3 is 0 Å². The summed E-state index contributed by atoms with van der Waals surface area (Å²) in [4.78, 5) is 34.4. The number of para-hydroxylation sites is 2. The van der Waals surface area contributed by atoms with Gasteiger partial charge in [0, 0.05) is 44.6 Å². The lowest BCUT2D eigenvalue weighted by Gasteiger charge is -2.36. The number of carbonyl (C=O) groups is 2. The molecule has 2 heterocycles. The number of piperazine rings is 1. The Morgan fingerprint density at radius 1 is 1.09 bits per heavy atom. The van der Waals surface area contributed by atoms with Crippen LogP contribution in [-0.2, 0) is 9.59 Å². The second-order valence-electron chi connectivity index (χ2n) is 7.46. The first-order valence-electron chi connectivity index (χ1n) is 10.4. The third-order valence-electron chi connectivity index (χ3n) is 5.29. The maximum Gasteiger partial charge on any atom is 0.246 e. The van der Waals surface area contributed by atoms with Crippen LogP contribution >= 0.6 is 22.9 Å². The summed E-state index contributed by atoms with van der Waals surface area (Å²) in [6.45, 7) is 3.92. The Hall–Kier alpha value is -3.23. The summed E-state index contributed by atoms with van der Waals surface area (Å²) in [7, 11) is 0. The van der Waals surface area contributed by atoms with Gasteiger partial charge in [-0.25, -0.2) is 9.37 Å². The van der Waals surface area contributed by atoms with Gasteiger partial charge in [-0.3, -0.25) is 14.5 Å². The Balaban J connectivity index is 1.40. The molecule has 6 nitrogen and oxygen atoms in total. The van der Waals surface area contributed by atoms with Crippen molar-refractivity contribution in [3.05, 3.63) is 76.5 Å². The average molecular weight is 485 g/mol. The minimum atomic E-state index is -0.508. The fraction of sp³-hybridized carbons (Fsp3) is 0.208. The first kappa shape index (κ1) is 22.9. The lowest BCUT2D eigenvalue weighted by atomic mass is 10.2. The summed E-state index contributed by atoms with van der Waals surface area (Å²) in [5.74, 6) is -0.968. The summed E-state index contributed by atoms with van der Waals surface area (Å²) < 4.78 is 14.2. The quantitative estimate of drug-likeness (QED) is 0.479. The summed E-state index contributed by atoms with van der Waals surface area (Å²) >= 11 is 7.49. The van der Waals surface area contributed by atoms with Crippen molar-refractivity contribution in [3.8, 4) is 0 Å². The van der Waals surface area contributed by atoms with Gasteiger partial charge in [0.1, 0.15) is 5.82 Å². The molecule has 1 fully saturated rings. The van der Waals surface area contributed by atoms with Gasteiger partial charge in [-0.2, -0.15) is 0 Å². The number of thiazole rings is 1. The highest BCUT2D eigenvalue weighted by Crippen LogP contribution is 2.31. The molecule has 170 valence electrons. The highest BCUT2D eigenvalue weighted by molar-refractivity contribution is 7.14. The number of hydrogen-bond acceptors (Lipinski definition) is 5. The zero-order valence-corrected chi connectivity index (χ0v) is 19.5. The van der Waals surface area contributed by atoms with E-state index in [0.29, 0.717) is 42.0 Å². The van der Waals surface area contributed by atoms with Crippen LogP contribution in [0.3, 0.4) is 0 Å². The summed E-state index contributed by atoms with van der Waals surface area (Å²) in [5, 5.41) is 2.77. The van der Waals surface area contributed by atoms with Crippen molar-refractivity contribution in [1.82, 2.24) is 9.88 Å². The van der Waals surface area contributed by atoms with Gasteiger partial charge in [0.05, 0.1) is 22.1 Å². The molecule has 0 spiro atoms. The van der Waals surface area contributed by atoms with Crippen LogP contribution in [0.5, 0.6) is 0 Å². The minimum Gasteiger partial charge on any atom is -0.367 e. The van der Waals surface area contributed by atoms with Gasteiger partial charge in [-0.1, -0.05) is 35.9 Å². The number of aromatic nitrogens is 1. The molecular weight excluding hydrogens is 463 g/mol. The normalized spacial score (nSPS) is 14.0. The van der Waals surface area contributed by atoms with Gasteiger partial charge in [-0.15, -0.1) is 11.3 Å². The van der Waals surface area contributed by atoms with Gasteiger partial charge in [0.25, 0.3) is 0 Å². The second-order valence-corrected chi connectivity index (χ2v) is 8.70. The summed E-state index contributed by atoms with van der Waals surface area (Å²) in [6, 6.07) is 13.7. The molecule has 1 saturated heterocycles. The minimum absolute atomic E-state index is 0.110. The van der Waals surface area contributed by atoms with Crippen LogP contribution in [-0.4, -0.2) is 47.9 Å². The molecule has 0 radical (unpaired) electrons. The van der Waals surface area contributed by atoms with Gasteiger partial charge < -0.3 is 9.80 Å². The third-order valence-corrected chi connectivity index (χ3v) is 6.45. The lowest BCUT2D eigenvalue weighted by Crippen LogP contribution is -2.48. The Bertz CT molecular complexity index is 1190. The fourth-order valence-electron chi connectivity index (χ4n) is 3.63. The Labute approximate surface area is 200 Å². The second kappa shape index (κ2) is 10.1. The van der Waals surface area contributed by atoms with Gasteiger partial charge in [0.15, 0.2) is 5.13 Å². The van der Waals surface area contributed by atoms with Crippen molar-refractivity contribution >= 4 is 57.3 Å². The van der Waals surface area contributed by atoms with E-state index in [9.17, 15) is 14.0 Å². The molecule has 1 aliphatic rings. The van der Waals surface area contributed by atoms with Crippen LogP contribution in [0, 0.1) is 5.82 Å². The van der Waals surface area contributed by atoms with E-state index in [1.54, 1.807) is 28.5 Å².